The number of hydrogen-bond acceptors (Lipinski definition) is 3. The molecule has 2 atom stereocenters. The topological polar surface area (TPSA) is 32.7 Å². The second-order valence-corrected chi connectivity index (χ2v) is 5.35. The van der Waals surface area contributed by atoms with Crippen molar-refractivity contribution in [1.29, 1.82) is 0 Å². The number of piperidine rings is 1. The van der Waals surface area contributed by atoms with E-state index in [1.54, 1.807) is 6.07 Å². The molecule has 0 bridgehead atoms. The van der Waals surface area contributed by atoms with E-state index in [-0.39, 0.29) is 12.4 Å². The van der Waals surface area contributed by atoms with Crippen LogP contribution in [0.4, 0.5) is 0 Å². The van der Waals surface area contributed by atoms with Gasteiger partial charge in [-0.2, -0.15) is 0 Å². The summed E-state index contributed by atoms with van der Waals surface area (Å²) in [4.78, 5) is 2.53. The quantitative estimate of drug-likeness (QED) is 0.905. The van der Waals surface area contributed by atoms with Crippen LogP contribution < -0.4 is 4.74 Å². The van der Waals surface area contributed by atoms with Crippen LogP contribution in [-0.2, 0) is 0 Å². The summed E-state index contributed by atoms with van der Waals surface area (Å²) in [6, 6.07) is 6.06. The van der Waals surface area contributed by atoms with Gasteiger partial charge in [0.05, 0.1) is 6.04 Å². The van der Waals surface area contributed by atoms with Crippen molar-refractivity contribution in [2.45, 2.75) is 38.1 Å². The molecule has 0 aromatic heterocycles. The number of rotatable bonds is 2. The average molecular weight is 284 g/mol. The van der Waals surface area contributed by atoms with E-state index in [4.69, 9.17) is 4.74 Å². The predicted octanol–water partition coefficient (Wildman–Crippen LogP) is 3.16. The molecular formula is C15H22ClNO2. The van der Waals surface area contributed by atoms with E-state index in [9.17, 15) is 5.11 Å². The van der Waals surface area contributed by atoms with Gasteiger partial charge in [0.1, 0.15) is 18.1 Å². The van der Waals surface area contributed by atoms with E-state index in [0.29, 0.717) is 17.7 Å². The number of hydrogen-bond donors (Lipinski definition) is 1. The largest absolute Gasteiger partial charge is 0.508 e. The van der Waals surface area contributed by atoms with E-state index in [1.807, 2.05) is 12.1 Å². The number of likely N-dealkylation sites (tertiary alicyclic amines) is 1. The van der Waals surface area contributed by atoms with E-state index in [1.165, 1.54) is 25.8 Å². The Morgan fingerprint density at radius 1 is 1.42 bits per heavy atom. The van der Waals surface area contributed by atoms with Crippen LogP contribution in [0, 0.1) is 0 Å². The van der Waals surface area contributed by atoms with Crippen molar-refractivity contribution in [1.82, 2.24) is 4.90 Å². The van der Waals surface area contributed by atoms with E-state index < -0.39 is 0 Å². The Hall–Kier alpha value is -0.930. The normalized spacial score (nSPS) is 25.7. The summed E-state index contributed by atoms with van der Waals surface area (Å²) in [5.74, 6) is 1.73. The van der Waals surface area contributed by atoms with Gasteiger partial charge in [0.15, 0.2) is 0 Å². The van der Waals surface area contributed by atoms with Crippen molar-refractivity contribution >= 4 is 12.4 Å². The molecule has 0 spiro atoms. The van der Waals surface area contributed by atoms with Gasteiger partial charge in [-0.25, -0.2) is 0 Å². The number of benzene rings is 1. The highest BCUT2D eigenvalue weighted by atomic mass is 35.5. The molecule has 1 N–H and O–H groups in total. The first-order valence-corrected chi connectivity index (χ1v) is 7.00. The van der Waals surface area contributed by atoms with Crippen LogP contribution in [0.2, 0.25) is 0 Å². The molecule has 0 amide bonds. The summed E-state index contributed by atoms with van der Waals surface area (Å²) in [6.07, 6.45) is 3.56. The second-order valence-electron chi connectivity index (χ2n) is 5.35. The third-order valence-corrected chi connectivity index (χ3v) is 4.23. The first-order chi connectivity index (χ1) is 8.81. The minimum absolute atomic E-state index is 0. The SMILES string of the molecule is CCCN1CCCC2c3c(O)cccc3OCC21.Cl. The Morgan fingerprint density at radius 3 is 3.05 bits per heavy atom. The zero-order valence-corrected chi connectivity index (χ0v) is 12.2. The van der Waals surface area contributed by atoms with Gasteiger partial charge in [0.2, 0.25) is 0 Å². The van der Waals surface area contributed by atoms with Gasteiger partial charge >= 0.3 is 0 Å². The van der Waals surface area contributed by atoms with Gasteiger partial charge in [-0.15, -0.1) is 12.4 Å². The minimum Gasteiger partial charge on any atom is -0.508 e. The summed E-state index contributed by atoms with van der Waals surface area (Å²) < 4.78 is 5.85. The van der Waals surface area contributed by atoms with Gasteiger partial charge < -0.3 is 9.84 Å². The Bertz CT molecular complexity index is 436. The lowest BCUT2D eigenvalue weighted by molar-refractivity contribution is 0.0646. The summed E-state index contributed by atoms with van der Waals surface area (Å²) in [5, 5.41) is 10.1. The maximum absolute atomic E-state index is 10.1. The Morgan fingerprint density at radius 2 is 2.26 bits per heavy atom. The molecular weight excluding hydrogens is 262 g/mol. The summed E-state index contributed by atoms with van der Waals surface area (Å²) in [5.41, 5.74) is 1.04. The zero-order valence-electron chi connectivity index (χ0n) is 11.3. The number of phenols is 1. The lowest BCUT2D eigenvalue weighted by Gasteiger charge is -2.44. The molecule has 1 aromatic rings. The van der Waals surface area contributed by atoms with Gasteiger partial charge in [0.25, 0.3) is 0 Å². The molecule has 19 heavy (non-hydrogen) atoms. The number of halogens is 1. The van der Waals surface area contributed by atoms with Gasteiger partial charge in [-0.3, -0.25) is 4.90 Å². The van der Waals surface area contributed by atoms with Crippen LogP contribution in [0.15, 0.2) is 18.2 Å². The maximum atomic E-state index is 10.1. The molecule has 1 fully saturated rings. The Labute approximate surface area is 121 Å². The molecule has 1 saturated heterocycles. The molecule has 2 aliphatic rings. The summed E-state index contributed by atoms with van der Waals surface area (Å²) in [7, 11) is 0. The number of nitrogens with zero attached hydrogens (tertiary/aromatic N) is 1. The van der Waals surface area contributed by atoms with Crippen molar-refractivity contribution in [3.8, 4) is 11.5 Å². The van der Waals surface area contributed by atoms with Crippen LogP contribution in [0.3, 0.4) is 0 Å². The number of aromatic hydroxyl groups is 1. The van der Waals surface area contributed by atoms with Crippen LogP contribution in [0.25, 0.3) is 0 Å². The summed E-state index contributed by atoms with van der Waals surface area (Å²) >= 11 is 0. The van der Waals surface area contributed by atoms with Gasteiger partial charge in [-0.05, 0) is 44.5 Å². The molecule has 1 aromatic carbocycles. The molecule has 3 nitrogen and oxygen atoms in total. The van der Waals surface area contributed by atoms with Crippen LogP contribution in [-0.4, -0.2) is 35.7 Å². The minimum atomic E-state index is 0. The monoisotopic (exact) mass is 283 g/mol. The zero-order chi connectivity index (χ0) is 12.5. The highest BCUT2D eigenvalue weighted by molar-refractivity contribution is 5.85. The fraction of sp³-hybridized carbons (Fsp3) is 0.600. The molecule has 2 heterocycles. The van der Waals surface area contributed by atoms with Crippen LogP contribution in [0.1, 0.15) is 37.7 Å². The molecule has 2 unspecified atom stereocenters. The Balaban J connectivity index is 0.00000133. The third-order valence-electron chi connectivity index (χ3n) is 4.23. The third kappa shape index (κ3) is 2.54. The molecule has 0 aliphatic carbocycles. The van der Waals surface area contributed by atoms with Gasteiger partial charge in [0, 0.05) is 11.5 Å². The molecule has 2 aliphatic heterocycles. The van der Waals surface area contributed by atoms with Crippen LogP contribution in [0.5, 0.6) is 11.5 Å². The van der Waals surface area contributed by atoms with Crippen molar-refractivity contribution < 1.29 is 9.84 Å². The lowest BCUT2D eigenvalue weighted by Crippen LogP contribution is -2.49. The van der Waals surface area contributed by atoms with Gasteiger partial charge in [-0.1, -0.05) is 13.0 Å². The molecule has 3 rings (SSSR count). The number of fused-ring (bicyclic) bond motifs is 3. The van der Waals surface area contributed by atoms with Crippen LogP contribution >= 0.6 is 12.4 Å². The van der Waals surface area contributed by atoms with Crippen molar-refractivity contribution in [2.75, 3.05) is 19.7 Å². The first kappa shape index (κ1) is 14.5. The smallest absolute Gasteiger partial charge is 0.126 e. The molecule has 0 radical (unpaired) electrons. The van der Waals surface area contributed by atoms with Crippen molar-refractivity contribution in [3.63, 3.8) is 0 Å². The second kappa shape index (κ2) is 6.02. The van der Waals surface area contributed by atoms with Crippen molar-refractivity contribution in [3.05, 3.63) is 23.8 Å². The van der Waals surface area contributed by atoms with E-state index >= 15 is 0 Å². The summed E-state index contributed by atoms with van der Waals surface area (Å²) in [6.45, 7) is 5.29. The predicted molar refractivity (Wildman–Crippen MR) is 78.5 cm³/mol. The first-order valence-electron chi connectivity index (χ1n) is 7.00. The number of ether oxygens (including phenoxy) is 1. The van der Waals surface area contributed by atoms with Crippen molar-refractivity contribution in [2.24, 2.45) is 0 Å². The van der Waals surface area contributed by atoms with E-state index in [2.05, 4.69) is 11.8 Å². The highest BCUT2D eigenvalue weighted by Gasteiger charge is 2.38. The molecule has 0 saturated carbocycles. The number of phenolic OH excluding ortho intramolecular Hbond substituents is 1. The lowest BCUT2D eigenvalue weighted by atomic mass is 9.81. The Kier molecular flexibility index (Phi) is 4.58. The van der Waals surface area contributed by atoms with E-state index in [0.717, 1.165) is 24.5 Å². The maximum Gasteiger partial charge on any atom is 0.126 e. The molecule has 4 heteroatoms. The highest BCUT2D eigenvalue weighted by Crippen LogP contribution is 2.45. The standard InChI is InChI=1S/C15H21NO2.ClH/c1-2-8-16-9-4-5-11-12(16)10-18-14-7-3-6-13(17)15(11)14;/h3,6-7,11-12,17H,2,4-5,8-10H2,1H3;1H. The fourth-order valence-corrected chi connectivity index (χ4v) is 3.46. The molecule has 106 valence electrons. The average Bonchev–Trinajstić information content (AvgIpc) is 2.39. The fourth-order valence-electron chi connectivity index (χ4n) is 3.46.